The van der Waals surface area contributed by atoms with E-state index in [2.05, 4.69) is 27.2 Å². The Balaban J connectivity index is 3.45. The Hall–Kier alpha value is 0.720. The van der Waals surface area contributed by atoms with Gasteiger partial charge in [0, 0.05) is 0 Å². The van der Waals surface area contributed by atoms with Crippen LogP contribution in [0.2, 0.25) is 0 Å². The predicted octanol–water partition coefficient (Wildman–Crippen LogP) is 5.33. The standard InChI is InChI=1S/C12H28ClP/c1-5-7-8-9-10-11-12-14(3,4,13)6-2/h5-12H2,1-4H3. The van der Waals surface area contributed by atoms with Crippen molar-refractivity contribution in [2.75, 3.05) is 25.7 Å². The van der Waals surface area contributed by atoms with E-state index in [1.165, 1.54) is 50.8 Å². The fourth-order valence-corrected chi connectivity index (χ4v) is 3.41. The number of halogens is 1. The number of rotatable bonds is 8. The molecule has 0 aliphatic heterocycles. The fraction of sp³-hybridized carbons (Fsp3) is 1.00. The summed E-state index contributed by atoms with van der Waals surface area (Å²) in [6.07, 6.45) is 10.7. The molecular weight excluding hydrogens is 211 g/mol. The van der Waals surface area contributed by atoms with Crippen molar-refractivity contribution in [3.63, 3.8) is 0 Å². The molecule has 0 atom stereocenters. The van der Waals surface area contributed by atoms with Gasteiger partial charge in [0.1, 0.15) is 0 Å². The normalized spacial score (nSPS) is 15.1. The van der Waals surface area contributed by atoms with Crippen molar-refractivity contribution in [3.8, 4) is 0 Å². The van der Waals surface area contributed by atoms with E-state index in [0.29, 0.717) is 0 Å². The molecule has 0 saturated carbocycles. The Kier molecular flexibility index (Phi) is 6.66. The van der Waals surface area contributed by atoms with Crippen LogP contribution in [0.5, 0.6) is 0 Å². The molecule has 88 valence electrons. The minimum absolute atomic E-state index is 1.18. The van der Waals surface area contributed by atoms with Gasteiger partial charge in [0.25, 0.3) is 0 Å². The molecule has 14 heavy (non-hydrogen) atoms. The van der Waals surface area contributed by atoms with Gasteiger partial charge in [0.15, 0.2) is 0 Å². The Morgan fingerprint density at radius 3 is 1.86 bits per heavy atom. The van der Waals surface area contributed by atoms with Crippen LogP contribution in [-0.4, -0.2) is 25.7 Å². The SMILES string of the molecule is CCCCCCCCP(C)(C)(Cl)CC. The molecule has 0 aromatic rings. The molecular formula is C12H28ClP. The topological polar surface area (TPSA) is 0 Å². The monoisotopic (exact) mass is 238 g/mol. The van der Waals surface area contributed by atoms with E-state index in [1.54, 1.807) is 0 Å². The summed E-state index contributed by atoms with van der Waals surface area (Å²) < 4.78 is 0. The minimum atomic E-state index is -1.73. The van der Waals surface area contributed by atoms with E-state index in [-0.39, 0.29) is 0 Å². The van der Waals surface area contributed by atoms with Gasteiger partial charge >= 0.3 is 95.2 Å². The second-order valence-corrected chi connectivity index (χ2v) is 14.9. The predicted molar refractivity (Wildman–Crippen MR) is 73.4 cm³/mol. The van der Waals surface area contributed by atoms with E-state index in [4.69, 9.17) is 11.2 Å². The Bertz CT molecular complexity index is 146. The molecule has 0 amide bonds. The number of unbranched alkanes of at least 4 members (excludes halogenated alkanes) is 5. The Morgan fingerprint density at radius 2 is 1.36 bits per heavy atom. The Morgan fingerprint density at radius 1 is 0.857 bits per heavy atom. The maximum atomic E-state index is 6.65. The van der Waals surface area contributed by atoms with Crippen LogP contribution in [-0.2, 0) is 0 Å². The number of hydrogen-bond donors (Lipinski definition) is 0. The summed E-state index contributed by atoms with van der Waals surface area (Å²) in [6.45, 7) is 9.11. The molecule has 0 aromatic carbocycles. The molecule has 0 unspecified atom stereocenters. The first-order valence-electron chi connectivity index (χ1n) is 6.11. The van der Waals surface area contributed by atoms with Crippen molar-refractivity contribution in [1.82, 2.24) is 0 Å². The molecule has 0 aliphatic carbocycles. The molecule has 0 spiro atoms. The third-order valence-electron chi connectivity index (χ3n) is 3.18. The van der Waals surface area contributed by atoms with E-state index < -0.39 is 5.96 Å². The van der Waals surface area contributed by atoms with Crippen LogP contribution in [0.15, 0.2) is 0 Å². The first-order chi connectivity index (χ1) is 6.39. The van der Waals surface area contributed by atoms with E-state index >= 15 is 0 Å². The van der Waals surface area contributed by atoms with Crippen LogP contribution < -0.4 is 0 Å². The van der Waals surface area contributed by atoms with Crippen molar-refractivity contribution < 1.29 is 0 Å². The van der Waals surface area contributed by atoms with Crippen LogP contribution in [0.1, 0.15) is 52.4 Å². The second-order valence-electron chi connectivity index (χ2n) is 5.32. The van der Waals surface area contributed by atoms with Crippen LogP contribution >= 0.6 is 17.2 Å². The van der Waals surface area contributed by atoms with Crippen LogP contribution in [0.4, 0.5) is 0 Å². The Labute approximate surface area is 95.5 Å². The molecule has 0 bridgehead atoms. The summed E-state index contributed by atoms with van der Waals surface area (Å²) in [5.74, 6) is -1.73. The molecule has 0 fully saturated rings. The summed E-state index contributed by atoms with van der Waals surface area (Å²) >= 11 is 6.65. The first-order valence-corrected chi connectivity index (χ1v) is 10.5. The van der Waals surface area contributed by atoms with Gasteiger partial charge in [-0.1, -0.05) is 0 Å². The molecule has 0 N–H and O–H groups in total. The summed E-state index contributed by atoms with van der Waals surface area (Å²) in [4.78, 5) is 0. The summed E-state index contributed by atoms with van der Waals surface area (Å²) in [5.41, 5.74) is 0. The third kappa shape index (κ3) is 8.06. The first kappa shape index (κ1) is 14.7. The van der Waals surface area contributed by atoms with Crippen molar-refractivity contribution in [1.29, 1.82) is 0 Å². The van der Waals surface area contributed by atoms with Crippen molar-refractivity contribution in [2.24, 2.45) is 0 Å². The van der Waals surface area contributed by atoms with Crippen molar-refractivity contribution in [3.05, 3.63) is 0 Å². The molecule has 0 heterocycles. The second kappa shape index (κ2) is 6.33. The van der Waals surface area contributed by atoms with Crippen LogP contribution in [0, 0.1) is 0 Å². The molecule has 0 radical (unpaired) electrons. The van der Waals surface area contributed by atoms with E-state index in [1.807, 2.05) is 0 Å². The zero-order valence-electron chi connectivity index (χ0n) is 10.5. The van der Waals surface area contributed by atoms with Gasteiger partial charge in [0.2, 0.25) is 0 Å². The van der Waals surface area contributed by atoms with Gasteiger partial charge in [-0.25, -0.2) is 0 Å². The van der Waals surface area contributed by atoms with Gasteiger partial charge < -0.3 is 0 Å². The van der Waals surface area contributed by atoms with E-state index in [0.717, 1.165) is 0 Å². The summed E-state index contributed by atoms with van der Waals surface area (Å²) in [6, 6.07) is 0. The third-order valence-corrected chi connectivity index (χ3v) is 8.05. The molecule has 0 rings (SSSR count). The van der Waals surface area contributed by atoms with Crippen molar-refractivity contribution >= 4 is 17.2 Å². The quantitative estimate of drug-likeness (QED) is 0.396. The molecule has 2 heteroatoms. The molecule has 0 saturated heterocycles. The zero-order chi connectivity index (χ0) is 11.1. The van der Waals surface area contributed by atoms with Gasteiger partial charge in [-0.05, 0) is 0 Å². The van der Waals surface area contributed by atoms with Gasteiger partial charge in [0.05, 0.1) is 0 Å². The fourth-order valence-electron chi connectivity index (χ4n) is 1.54. The number of hydrogen-bond acceptors (Lipinski definition) is 0. The molecule has 0 aliphatic rings. The summed E-state index contributed by atoms with van der Waals surface area (Å²) in [5, 5.41) is 0. The van der Waals surface area contributed by atoms with Gasteiger partial charge in [-0.2, -0.15) is 0 Å². The van der Waals surface area contributed by atoms with Crippen LogP contribution in [0.25, 0.3) is 0 Å². The zero-order valence-corrected chi connectivity index (χ0v) is 12.1. The summed E-state index contributed by atoms with van der Waals surface area (Å²) in [7, 11) is 0. The average molecular weight is 239 g/mol. The van der Waals surface area contributed by atoms with Crippen molar-refractivity contribution in [2.45, 2.75) is 52.4 Å². The van der Waals surface area contributed by atoms with Gasteiger partial charge in [-0.15, -0.1) is 0 Å². The van der Waals surface area contributed by atoms with Gasteiger partial charge in [-0.3, -0.25) is 0 Å². The molecule has 0 aromatic heterocycles. The average Bonchev–Trinajstić information content (AvgIpc) is 2.11. The van der Waals surface area contributed by atoms with Crippen LogP contribution in [0.3, 0.4) is 0 Å². The maximum absolute atomic E-state index is 6.65. The molecule has 0 nitrogen and oxygen atoms in total. The van der Waals surface area contributed by atoms with E-state index in [9.17, 15) is 0 Å².